The van der Waals surface area contributed by atoms with Crippen molar-refractivity contribution in [3.63, 3.8) is 0 Å². The van der Waals surface area contributed by atoms with Crippen molar-refractivity contribution in [2.45, 2.75) is 76.5 Å². The Morgan fingerprint density at radius 1 is 1.34 bits per heavy atom. The Balaban J connectivity index is 1.48. The molecule has 0 saturated heterocycles. The normalized spacial score (nSPS) is 28.2. The summed E-state index contributed by atoms with van der Waals surface area (Å²) in [4.78, 5) is 4.40. The largest absolute Gasteiger partial charge is 0.225 e. The third-order valence-corrected chi connectivity index (χ3v) is 11.2. The van der Waals surface area contributed by atoms with E-state index < -0.39 is 9.84 Å². The molecule has 2 unspecified atom stereocenters. The number of allylic oxidation sites excluding steroid dienone is 2. The van der Waals surface area contributed by atoms with Gasteiger partial charge in [0.25, 0.3) is 0 Å². The van der Waals surface area contributed by atoms with Gasteiger partial charge >= 0.3 is 0 Å². The maximum Gasteiger partial charge on any atom is 0.210 e. The highest BCUT2D eigenvalue weighted by molar-refractivity contribution is 7.93. The van der Waals surface area contributed by atoms with Crippen LogP contribution in [0.1, 0.15) is 72.1 Å². The molecule has 1 heterocycles. The lowest BCUT2D eigenvalue weighted by Gasteiger charge is -2.44. The number of benzene rings is 1. The van der Waals surface area contributed by atoms with Crippen LogP contribution in [0.25, 0.3) is 10.2 Å². The summed E-state index contributed by atoms with van der Waals surface area (Å²) in [5.41, 5.74) is 3.75. The molecule has 1 aromatic heterocycles. The van der Waals surface area contributed by atoms with Crippen molar-refractivity contribution in [3.05, 3.63) is 48.1 Å². The number of rotatable bonds is 8. The highest BCUT2D eigenvalue weighted by atomic mass is 32.2. The third-order valence-electron chi connectivity index (χ3n) is 8.09. The first-order valence-corrected chi connectivity index (χ1v) is 14.6. The van der Waals surface area contributed by atoms with E-state index in [-0.39, 0.29) is 10.1 Å². The number of hydrogen-bond acceptors (Lipinski definition) is 4. The van der Waals surface area contributed by atoms with Crippen LogP contribution in [0.2, 0.25) is 0 Å². The Morgan fingerprint density at radius 3 is 2.88 bits per heavy atom. The van der Waals surface area contributed by atoms with Gasteiger partial charge in [-0.25, -0.2) is 13.4 Å². The van der Waals surface area contributed by atoms with E-state index in [2.05, 4.69) is 38.4 Å². The molecule has 32 heavy (non-hydrogen) atoms. The molecular weight excluding hydrogens is 434 g/mol. The average molecular weight is 472 g/mol. The molecule has 2 fully saturated rings. The van der Waals surface area contributed by atoms with Gasteiger partial charge in [-0.05, 0) is 87.2 Å². The van der Waals surface area contributed by atoms with Crippen molar-refractivity contribution in [1.82, 2.24) is 4.98 Å². The predicted molar refractivity (Wildman–Crippen MR) is 136 cm³/mol. The van der Waals surface area contributed by atoms with Crippen molar-refractivity contribution in [1.29, 1.82) is 0 Å². The van der Waals surface area contributed by atoms with Crippen molar-refractivity contribution in [3.8, 4) is 0 Å². The van der Waals surface area contributed by atoms with Crippen LogP contribution in [0.4, 0.5) is 0 Å². The second-order valence-electron chi connectivity index (χ2n) is 10.4. The Kier molecular flexibility index (Phi) is 6.97. The predicted octanol–water partition coefficient (Wildman–Crippen LogP) is 7.60. The highest BCUT2D eigenvalue weighted by Gasteiger charge is 2.50. The van der Waals surface area contributed by atoms with Gasteiger partial charge in [-0.2, -0.15) is 0 Å². The number of sulfone groups is 1. The van der Waals surface area contributed by atoms with E-state index in [1.165, 1.54) is 61.0 Å². The third kappa shape index (κ3) is 4.75. The van der Waals surface area contributed by atoms with Gasteiger partial charge in [0.15, 0.2) is 0 Å². The number of para-hydroxylation sites is 1. The maximum absolute atomic E-state index is 13.1. The molecule has 2 saturated carbocycles. The Bertz CT molecular complexity index is 1080. The van der Waals surface area contributed by atoms with Crippen LogP contribution in [0.3, 0.4) is 0 Å². The molecule has 4 rings (SSSR count). The minimum atomic E-state index is -3.40. The molecule has 0 aliphatic heterocycles. The Hall–Kier alpha value is -1.46. The van der Waals surface area contributed by atoms with E-state index in [0.717, 1.165) is 34.9 Å². The van der Waals surface area contributed by atoms with Crippen LogP contribution in [-0.4, -0.2) is 19.2 Å². The van der Waals surface area contributed by atoms with Crippen LogP contribution in [-0.2, 0) is 9.84 Å². The average Bonchev–Trinajstić information content (AvgIpc) is 3.33. The molecule has 3 nitrogen and oxygen atoms in total. The molecule has 174 valence electrons. The molecule has 2 aromatic rings. The summed E-state index contributed by atoms with van der Waals surface area (Å²) in [6, 6.07) is 7.65. The molecule has 0 bridgehead atoms. The molecule has 2 aliphatic rings. The molecule has 4 atom stereocenters. The Labute approximate surface area is 198 Å². The zero-order valence-electron chi connectivity index (χ0n) is 19.8. The van der Waals surface area contributed by atoms with E-state index in [4.69, 9.17) is 0 Å². The summed E-state index contributed by atoms with van der Waals surface area (Å²) in [6.45, 7) is 11.1. The second kappa shape index (κ2) is 9.42. The van der Waals surface area contributed by atoms with Crippen molar-refractivity contribution < 1.29 is 8.42 Å². The standard InChI is InChI=1S/C27H37NO2S2/c1-19(2)9-7-10-20(3)22-14-15-23-21(11-8-17-27(22,23)4)16-18-32(29,30)26-28-24-12-5-6-13-25(24)31-26/h5-6,12-13,16,20,22-23H,1,7-11,14-15,17-18H2,2-4H3/b21-16+/t20-,22?,23?,27-/m1/s1. The minimum Gasteiger partial charge on any atom is -0.225 e. The summed E-state index contributed by atoms with van der Waals surface area (Å²) in [7, 11) is -3.40. The number of thiazole rings is 1. The summed E-state index contributed by atoms with van der Waals surface area (Å²) >= 11 is 1.29. The second-order valence-corrected chi connectivity index (χ2v) is 13.7. The lowest BCUT2D eigenvalue weighted by molar-refractivity contribution is 0.0934. The smallest absolute Gasteiger partial charge is 0.210 e. The van der Waals surface area contributed by atoms with E-state index in [1.54, 1.807) is 0 Å². The molecule has 2 aliphatic carbocycles. The van der Waals surface area contributed by atoms with Crippen molar-refractivity contribution in [2.75, 3.05) is 5.75 Å². The highest BCUT2D eigenvalue weighted by Crippen LogP contribution is 2.59. The summed E-state index contributed by atoms with van der Waals surface area (Å²) in [6.07, 6.45) is 11.7. The van der Waals surface area contributed by atoms with E-state index in [9.17, 15) is 8.42 Å². The van der Waals surface area contributed by atoms with Crippen molar-refractivity contribution in [2.24, 2.45) is 23.2 Å². The van der Waals surface area contributed by atoms with E-state index in [1.807, 2.05) is 24.3 Å². The van der Waals surface area contributed by atoms with Crippen LogP contribution < -0.4 is 0 Å². The van der Waals surface area contributed by atoms with E-state index >= 15 is 0 Å². The van der Waals surface area contributed by atoms with Gasteiger partial charge in [0.2, 0.25) is 14.2 Å². The first-order valence-electron chi connectivity index (χ1n) is 12.1. The van der Waals surface area contributed by atoms with Gasteiger partial charge in [0.05, 0.1) is 16.0 Å². The minimum absolute atomic E-state index is 0.0770. The zero-order valence-corrected chi connectivity index (χ0v) is 21.4. The zero-order chi connectivity index (χ0) is 22.9. The van der Waals surface area contributed by atoms with E-state index in [0.29, 0.717) is 11.3 Å². The topological polar surface area (TPSA) is 47.0 Å². The number of nitrogens with zero attached hydrogens (tertiary/aromatic N) is 1. The van der Waals surface area contributed by atoms with Crippen LogP contribution in [0, 0.1) is 23.2 Å². The molecule has 0 amide bonds. The van der Waals surface area contributed by atoms with Gasteiger partial charge in [-0.3, -0.25) is 0 Å². The Morgan fingerprint density at radius 2 is 2.12 bits per heavy atom. The molecule has 0 spiro atoms. The number of aromatic nitrogens is 1. The SMILES string of the molecule is C=C(C)CCC[C@@H](C)C1CCC2/C(=C/CS(=O)(=O)c3nc4ccccc4s3)CCC[C@@]21C. The summed E-state index contributed by atoms with van der Waals surface area (Å²) in [5.74, 6) is 2.07. The molecule has 5 heteroatoms. The first-order chi connectivity index (χ1) is 15.2. The lowest BCUT2D eigenvalue weighted by atomic mass is 9.61. The molecular formula is C27H37NO2S2. The number of fused-ring (bicyclic) bond motifs is 2. The summed E-state index contributed by atoms with van der Waals surface area (Å²) in [5, 5.41) is 0. The monoisotopic (exact) mass is 471 g/mol. The van der Waals surface area contributed by atoms with Gasteiger partial charge in [0.1, 0.15) is 0 Å². The van der Waals surface area contributed by atoms with Gasteiger partial charge in [-0.1, -0.05) is 49.6 Å². The molecule has 0 radical (unpaired) electrons. The summed E-state index contributed by atoms with van der Waals surface area (Å²) < 4.78 is 27.3. The fourth-order valence-corrected chi connectivity index (χ4v) is 8.95. The van der Waals surface area contributed by atoms with Crippen LogP contribution in [0.5, 0.6) is 0 Å². The maximum atomic E-state index is 13.1. The van der Waals surface area contributed by atoms with Gasteiger partial charge in [-0.15, -0.1) is 17.9 Å². The number of hydrogen-bond donors (Lipinski definition) is 0. The fourth-order valence-electron chi connectivity index (χ4n) is 6.46. The van der Waals surface area contributed by atoms with Gasteiger partial charge < -0.3 is 0 Å². The quantitative estimate of drug-likeness (QED) is 0.372. The fraction of sp³-hybridized carbons (Fsp3) is 0.593. The lowest BCUT2D eigenvalue weighted by Crippen LogP contribution is -2.36. The first kappa shape index (κ1) is 23.7. The van der Waals surface area contributed by atoms with Crippen LogP contribution >= 0.6 is 11.3 Å². The molecule has 1 aromatic carbocycles. The van der Waals surface area contributed by atoms with Crippen LogP contribution in [0.15, 0.2) is 52.4 Å². The van der Waals surface area contributed by atoms with Gasteiger partial charge in [0, 0.05) is 0 Å². The molecule has 0 N–H and O–H groups in total. The van der Waals surface area contributed by atoms with Crippen molar-refractivity contribution >= 4 is 31.4 Å².